The lowest BCUT2D eigenvalue weighted by Gasteiger charge is -2.12. The van der Waals surface area contributed by atoms with E-state index in [1.54, 1.807) is 11.3 Å². The molecule has 4 nitrogen and oxygen atoms in total. The van der Waals surface area contributed by atoms with E-state index in [-0.39, 0.29) is 11.3 Å². The van der Waals surface area contributed by atoms with E-state index < -0.39 is 0 Å². The Morgan fingerprint density at radius 1 is 1.29 bits per heavy atom. The van der Waals surface area contributed by atoms with Gasteiger partial charge in [-0.1, -0.05) is 19.4 Å². The van der Waals surface area contributed by atoms with Crippen LogP contribution in [0.5, 0.6) is 0 Å². The van der Waals surface area contributed by atoms with Crippen molar-refractivity contribution in [3.8, 4) is 10.7 Å². The SMILES string of the molecule is CCCCn1c(-c2cccs2)nc2sc3c(c2c1=O)CCCC3=O. The summed E-state index contributed by atoms with van der Waals surface area (Å²) in [6.07, 6.45) is 4.19. The van der Waals surface area contributed by atoms with Gasteiger partial charge in [0, 0.05) is 13.0 Å². The van der Waals surface area contributed by atoms with E-state index >= 15 is 0 Å². The van der Waals surface area contributed by atoms with Gasteiger partial charge in [0.05, 0.1) is 15.1 Å². The van der Waals surface area contributed by atoms with Crippen LogP contribution in [-0.4, -0.2) is 15.3 Å². The molecule has 6 heteroatoms. The second kappa shape index (κ2) is 6.26. The van der Waals surface area contributed by atoms with Crippen LogP contribution < -0.4 is 5.56 Å². The number of nitrogens with zero attached hydrogens (tertiary/aromatic N) is 2. The van der Waals surface area contributed by atoms with Gasteiger partial charge in [-0.2, -0.15) is 0 Å². The summed E-state index contributed by atoms with van der Waals surface area (Å²) in [6, 6.07) is 3.98. The largest absolute Gasteiger partial charge is 0.293 e. The lowest BCUT2D eigenvalue weighted by Crippen LogP contribution is -2.24. The number of ketones is 1. The molecule has 3 aromatic heterocycles. The first-order valence-corrected chi connectivity index (χ1v) is 10.0. The van der Waals surface area contributed by atoms with Gasteiger partial charge in [-0.15, -0.1) is 22.7 Å². The van der Waals surface area contributed by atoms with Crippen LogP contribution in [-0.2, 0) is 13.0 Å². The number of Topliss-reactive ketones (excluding diaryl/α,β-unsaturated/α-hetero) is 1. The van der Waals surface area contributed by atoms with Crippen molar-refractivity contribution in [2.75, 3.05) is 0 Å². The van der Waals surface area contributed by atoms with Crippen LogP contribution >= 0.6 is 22.7 Å². The van der Waals surface area contributed by atoms with Gasteiger partial charge < -0.3 is 0 Å². The van der Waals surface area contributed by atoms with E-state index in [0.717, 1.165) is 51.7 Å². The van der Waals surface area contributed by atoms with Crippen molar-refractivity contribution in [3.05, 3.63) is 38.3 Å². The Kier molecular flexibility index (Phi) is 4.10. The molecule has 0 bridgehead atoms. The average molecular weight is 358 g/mol. The minimum absolute atomic E-state index is 0.0176. The van der Waals surface area contributed by atoms with Gasteiger partial charge in [0.1, 0.15) is 4.83 Å². The second-order valence-corrected chi connectivity index (χ2v) is 8.04. The fourth-order valence-corrected chi connectivity index (χ4v) is 5.16. The molecule has 0 atom stereocenters. The molecule has 4 rings (SSSR count). The third kappa shape index (κ3) is 2.45. The maximum Gasteiger partial charge on any atom is 0.262 e. The van der Waals surface area contributed by atoms with Gasteiger partial charge in [0.25, 0.3) is 5.56 Å². The number of carbonyl (C=O) groups excluding carboxylic acids is 1. The zero-order valence-electron chi connectivity index (χ0n) is 13.5. The van der Waals surface area contributed by atoms with E-state index in [2.05, 4.69) is 6.92 Å². The standard InChI is InChI=1S/C18H18N2O2S2/c1-2-3-9-20-16(13-8-5-10-23-13)19-17-14(18(20)22)11-6-4-7-12(21)15(11)24-17/h5,8,10H,2-4,6-7,9H2,1H3. The molecule has 3 aromatic rings. The van der Waals surface area contributed by atoms with Crippen LogP contribution in [0, 0.1) is 0 Å². The third-order valence-electron chi connectivity index (χ3n) is 4.47. The summed E-state index contributed by atoms with van der Waals surface area (Å²) < 4.78 is 1.81. The summed E-state index contributed by atoms with van der Waals surface area (Å²) in [7, 11) is 0. The summed E-state index contributed by atoms with van der Waals surface area (Å²) >= 11 is 2.99. The quantitative estimate of drug-likeness (QED) is 0.690. The van der Waals surface area contributed by atoms with Crippen LogP contribution in [0.25, 0.3) is 20.9 Å². The molecule has 1 aliphatic carbocycles. The Balaban J connectivity index is 2.02. The van der Waals surface area contributed by atoms with Gasteiger partial charge in [-0.05, 0) is 36.3 Å². The highest BCUT2D eigenvalue weighted by Crippen LogP contribution is 2.35. The van der Waals surface area contributed by atoms with E-state index in [0.29, 0.717) is 18.4 Å². The maximum absolute atomic E-state index is 13.2. The fraction of sp³-hybridized carbons (Fsp3) is 0.389. The Hall–Kier alpha value is -1.79. The molecule has 0 aliphatic heterocycles. The predicted molar refractivity (Wildman–Crippen MR) is 99.4 cm³/mol. The normalized spacial score (nSPS) is 14.3. The van der Waals surface area contributed by atoms with Crippen LogP contribution in [0.3, 0.4) is 0 Å². The van der Waals surface area contributed by atoms with Gasteiger partial charge in [0.2, 0.25) is 0 Å². The highest BCUT2D eigenvalue weighted by Gasteiger charge is 2.26. The number of hydrogen-bond donors (Lipinski definition) is 0. The Labute approximate surface area is 147 Å². The average Bonchev–Trinajstić information content (AvgIpc) is 3.22. The molecule has 0 saturated heterocycles. The van der Waals surface area contributed by atoms with Crippen molar-refractivity contribution in [1.29, 1.82) is 0 Å². The highest BCUT2D eigenvalue weighted by atomic mass is 32.1. The first-order chi connectivity index (χ1) is 11.7. The van der Waals surface area contributed by atoms with Crippen molar-refractivity contribution in [1.82, 2.24) is 9.55 Å². The van der Waals surface area contributed by atoms with Gasteiger partial charge in [-0.25, -0.2) is 4.98 Å². The number of fused-ring (bicyclic) bond motifs is 3. The lowest BCUT2D eigenvalue weighted by atomic mass is 9.96. The Bertz CT molecular complexity index is 967. The number of aryl methyl sites for hydroxylation is 1. The second-order valence-electron chi connectivity index (χ2n) is 6.09. The van der Waals surface area contributed by atoms with Crippen molar-refractivity contribution >= 4 is 38.7 Å². The van der Waals surface area contributed by atoms with Crippen LogP contribution in [0.4, 0.5) is 0 Å². The van der Waals surface area contributed by atoms with E-state index in [1.807, 2.05) is 22.1 Å². The van der Waals surface area contributed by atoms with Gasteiger partial charge in [0.15, 0.2) is 11.6 Å². The molecule has 24 heavy (non-hydrogen) atoms. The van der Waals surface area contributed by atoms with Crippen molar-refractivity contribution in [3.63, 3.8) is 0 Å². The molecule has 0 aromatic carbocycles. The molecule has 124 valence electrons. The molecular formula is C18H18N2O2S2. The van der Waals surface area contributed by atoms with Crippen molar-refractivity contribution in [2.45, 2.75) is 45.6 Å². The molecule has 0 N–H and O–H groups in total. The molecule has 1 aliphatic rings. The summed E-state index contributed by atoms with van der Waals surface area (Å²) in [5.41, 5.74) is 0.954. The summed E-state index contributed by atoms with van der Waals surface area (Å²) in [4.78, 5) is 32.7. The zero-order valence-corrected chi connectivity index (χ0v) is 15.1. The van der Waals surface area contributed by atoms with Gasteiger partial charge in [-0.3, -0.25) is 14.2 Å². The number of unbranched alkanes of at least 4 members (excludes halogenated alkanes) is 1. The monoisotopic (exact) mass is 358 g/mol. The maximum atomic E-state index is 13.2. The van der Waals surface area contributed by atoms with Crippen LogP contribution in [0.2, 0.25) is 0 Å². The van der Waals surface area contributed by atoms with Crippen molar-refractivity contribution < 1.29 is 4.79 Å². The van der Waals surface area contributed by atoms with E-state index in [9.17, 15) is 9.59 Å². The molecule has 0 radical (unpaired) electrons. The molecule has 0 fully saturated rings. The highest BCUT2D eigenvalue weighted by molar-refractivity contribution is 7.20. The molecule has 0 amide bonds. The van der Waals surface area contributed by atoms with Crippen LogP contribution in [0.1, 0.15) is 47.8 Å². The van der Waals surface area contributed by atoms with E-state index in [4.69, 9.17) is 4.98 Å². The summed E-state index contributed by atoms with van der Waals surface area (Å²) in [6.45, 7) is 2.79. The Morgan fingerprint density at radius 2 is 2.17 bits per heavy atom. The number of hydrogen-bond acceptors (Lipinski definition) is 5. The summed E-state index contributed by atoms with van der Waals surface area (Å²) in [5.74, 6) is 0.901. The summed E-state index contributed by atoms with van der Waals surface area (Å²) in [5, 5.41) is 2.68. The molecule has 3 heterocycles. The molecule has 0 spiro atoms. The number of rotatable bonds is 4. The third-order valence-corrected chi connectivity index (χ3v) is 6.50. The van der Waals surface area contributed by atoms with E-state index in [1.165, 1.54) is 11.3 Å². The Morgan fingerprint density at radius 3 is 2.92 bits per heavy atom. The topological polar surface area (TPSA) is 52.0 Å². The van der Waals surface area contributed by atoms with Gasteiger partial charge >= 0.3 is 0 Å². The zero-order chi connectivity index (χ0) is 16.7. The molecule has 0 unspecified atom stereocenters. The number of thiophene rings is 2. The fourth-order valence-electron chi connectivity index (χ4n) is 3.26. The lowest BCUT2D eigenvalue weighted by molar-refractivity contribution is 0.0977. The predicted octanol–water partition coefficient (Wildman–Crippen LogP) is 4.51. The van der Waals surface area contributed by atoms with Crippen LogP contribution in [0.15, 0.2) is 22.3 Å². The number of aromatic nitrogens is 2. The first kappa shape index (κ1) is 15.7. The number of carbonyl (C=O) groups is 1. The molecule has 0 saturated carbocycles. The van der Waals surface area contributed by atoms with Crippen molar-refractivity contribution in [2.24, 2.45) is 0 Å². The minimum Gasteiger partial charge on any atom is -0.293 e. The first-order valence-electron chi connectivity index (χ1n) is 8.34. The smallest absolute Gasteiger partial charge is 0.262 e. The molecular weight excluding hydrogens is 340 g/mol. The minimum atomic E-state index is 0.0176.